The maximum atomic E-state index is 11.9. The zero-order valence-corrected chi connectivity index (χ0v) is 14.3. The minimum absolute atomic E-state index is 0.252. The van der Waals surface area contributed by atoms with Crippen LogP contribution in [0.5, 0.6) is 5.75 Å². The lowest BCUT2D eigenvalue weighted by molar-refractivity contribution is -0.123. The molecule has 126 valence electrons. The lowest BCUT2D eigenvalue weighted by Gasteiger charge is -2.10. The van der Waals surface area contributed by atoms with Gasteiger partial charge in [0.15, 0.2) is 6.61 Å². The van der Waals surface area contributed by atoms with Crippen LogP contribution in [0.3, 0.4) is 0 Å². The van der Waals surface area contributed by atoms with Crippen molar-refractivity contribution in [1.82, 2.24) is 10.9 Å². The second-order valence-corrected chi connectivity index (χ2v) is 5.68. The molecule has 0 aliphatic carbocycles. The van der Waals surface area contributed by atoms with E-state index in [0.717, 1.165) is 17.5 Å². The molecule has 0 radical (unpaired) electrons. The summed E-state index contributed by atoms with van der Waals surface area (Å²) >= 11 is 5.99. The highest BCUT2D eigenvalue weighted by Gasteiger charge is 2.09. The lowest BCUT2D eigenvalue weighted by atomic mass is 10.1. The van der Waals surface area contributed by atoms with Gasteiger partial charge in [0, 0.05) is 5.56 Å². The number of aryl methyl sites for hydroxylation is 2. The minimum Gasteiger partial charge on any atom is -0.482 e. The summed E-state index contributed by atoms with van der Waals surface area (Å²) in [5.74, 6) is -0.445. The molecule has 2 amide bonds. The summed E-state index contributed by atoms with van der Waals surface area (Å²) in [5, 5.41) is 0.424. The quantitative estimate of drug-likeness (QED) is 0.818. The molecular weight excluding hydrogens is 328 g/mol. The summed E-state index contributed by atoms with van der Waals surface area (Å²) in [4.78, 5) is 23.7. The number of nitrogens with one attached hydrogen (secondary N) is 2. The number of hydrogen-bond donors (Lipinski definition) is 2. The smallest absolute Gasteiger partial charge is 0.276 e. The van der Waals surface area contributed by atoms with Crippen LogP contribution in [0.4, 0.5) is 0 Å². The van der Waals surface area contributed by atoms with Crippen LogP contribution in [0, 0.1) is 6.92 Å². The molecule has 2 aromatic rings. The molecule has 0 aromatic heterocycles. The Hall–Kier alpha value is -2.53. The van der Waals surface area contributed by atoms with E-state index in [4.69, 9.17) is 16.3 Å². The Labute approximate surface area is 145 Å². The molecule has 0 heterocycles. The Morgan fingerprint density at radius 2 is 1.79 bits per heavy atom. The van der Waals surface area contributed by atoms with Crippen molar-refractivity contribution >= 4 is 23.4 Å². The van der Waals surface area contributed by atoms with Crippen molar-refractivity contribution < 1.29 is 14.3 Å². The average molecular weight is 347 g/mol. The molecule has 2 rings (SSSR count). The van der Waals surface area contributed by atoms with E-state index in [2.05, 4.69) is 10.9 Å². The van der Waals surface area contributed by atoms with Crippen molar-refractivity contribution in [2.75, 3.05) is 6.61 Å². The van der Waals surface area contributed by atoms with Crippen LogP contribution in [0.2, 0.25) is 5.02 Å². The zero-order valence-electron chi connectivity index (χ0n) is 13.6. The standard InChI is InChI=1S/C18H19ClN2O3/c1-3-13-5-7-14(8-6-13)18(23)21-20-17(22)11-24-16-10-12(2)4-9-15(16)19/h4-10H,3,11H2,1-2H3,(H,20,22)(H,21,23). The molecule has 0 saturated carbocycles. The van der Waals surface area contributed by atoms with Crippen molar-refractivity contribution in [2.45, 2.75) is 20.3 Å². The Morgan fingerprint density at radius 1 is 1.08 bits per heavy atom. The molecule has 2 aromatic carbocycles. The molecule has 0 atom stereocenters. The molecule has 0 saturated heterocycles. The van der Waals surface area contributed by atoms with Crippen molar-refractivity contribution in [3.05, 3.63) is 64.2 Å². The van der Waals surface area contributed by atoms with Gasteiger partial charge in [-0.1, -0.05) is 36.7 Å². The van der Waals surface area contributed by atoms with E-state index >= 15 is 0 Å². The summed E-state index contributed by atoms with van der Waals surface area (Å²) in [6, 6.07) is 12.5. The maximum absolute atomic E-state index is 11.9. The number of benzene rings is 2. The van der Waals surface area contributed by atoms with E-state index < -0.39 is 5.91 Å². The molecule has 24 heavy (non-hydrogen) atoms. The molecule has 0 aliphatic rings. The van der Waals surface area contributed by atoms with Gasteiger partial charge in [0.05, 0.1) is 5.02 Å². The van der Waals surface area contributed by atoms with Crippen LogP contribution in [0.15, 0.2) is 42.5 Å². The predicted molar refractivity (Wildman–Crippen MR) is 93.1 cm³/mol. The Bertz CT molecular complexity index is 730. The Morgan fingerprint density at radius 3 is 2.46 bits per heavy atom. The number of rotatable bonds is 5. The highest BCUT2D eigenvalue weighted by Crippen LogP contribution is 2.24. The summed E-state index contributed by atoms with van der Waals surface area (Å²) in [6.45, 7) is 3.68. The predicted octanol–water partition coefficient (Wildman–Crippen LogP) is 3.05. The molecule has 0 aliphatic heterocycles. The minimum atomic E-state index is -0.480. The fourth-order valence-electron chi connectivity index (χ4n) is 1.99. The fraction of sp³-hybridized carbons (Fsp3) is 0.222. The number of carbonyl (C=O) groups excluding carboxylic acids is 2. The van der Waals surface area contributed by atoms with E-state index in [9.17, 15) is 9.59 Å². The van der Waals surface area contributed by atoms with E-state index in [0.29, 0.717) is 16.3 Å². The SMILES string of the molecule is CCc1ccc(C(=O)NNC(=O)COc2cc(C)ccc2Cl)cc1. The molecule has 0 fully saturated rings. The molecule has 0 bridgehead atoms. The third-order valence-electron chi connectivity index (χ3n) is 3.39. The van der Waals surface area contributed by atoms with E-state index in [1.807, 2.05) is 32.0 Å². The number of amides is 2. The van der Waals surface area contributed by atoms with Gasteiger partial charge in [-0.3, -0.25) is 20.4 Å². The van der Waals surface area contributed by atoms with Crippen LogP contribution in [-0.2, 0) is 11.2 Å². The van der Waals surface area contributed by atoms with Crippen LogP contribution in [0.25, 0.3) is 0 Å². The fourth-order valence-corrected chi connectivity index (χ4v) is 2.16. The number of ether oxygens (including phenoxy) is 1. The number of hydrazine groups is 1. The van der Waals surface area contributed by atoms with Gasteiger partial charge in [-0.25, -0.2) is 0 Å². The summed E-state index contributed by atoms with van der Waals surface area (Å²) in [5.41, 5.74) is 7.23. The number of hydrogen-bond acceptors (Lipinski definition) is 3. The second-order valence-electron chi connectivity index (χ2n) is 5.28. The molecule has 0 unspecified atom stereocenters. The summed E-state index contributed by atoms with van der Waals surface area (Å²) < 4.78 is 5.35. The van der Waals surface area contributed by atoms with E-state index in [1.165, 1.54) is 0 Å². The highest BCUT2D eigenvalue weighted by atomic mass is 35.5. The summed E-state index contributed by atoms with van der Waals surface area (Å²) in [6.07, 6.45) is 0.900. The molecule has 2 N–H and O–H groups in total. The largest absolute Gasteiger partial charge is 0.482 e. The van der Waals surface area contributed by atoms with Gasteiger partial charge < -0.3 is 4.74 Å². The van der Waals surface area contributed by atoms with Gasteiger partial charge in [-0.2, -0.15) is 0 Å². The second kappa shape index (κ2) is 8.36. The first-order valence-electron chi connectivity index (χ1n) is 7.56. The van der Waals surface area contributed by atoms with E-state index in [-0.39, 0.29) is 12.5 Å². The van der Waals surface area contributed by atoms with Crippen LogP contribution < -0.4 is 15.6 Å². The average Bonchev–Trinajstić information content (AvgIpc) is 2.60. The van der Waals surface area contributed by atoms with Crippen LogP contribution in [0.1, 0.15) is 28.4 Å². The van der Waals surface area contributed by atoms with Crippen LogP contribution in [-0.4, -0.2) is 18.4 Å². The van der Waals surface area contributed by atoms with Crippen molar-refractivity contribution in [3.63, 3.8) is 0 Å². The molecule has 6 heteroatoms. The third-order valence-corrected chi connectivity index (χ3v) is 3.70. The Balaban J connectivity index is 1.82. The normalized spacial score (nSPS) is 10.1. The maximum Gasteiger partial charge on any atom is 0.276 e. The van der Waals surface area contributed by atoms with Gasteiger partial charge in [0.1, 0.15) is 5.75 Å². The van der Waals surface area contributed by atoms with Crippen LogP contribution >= 0.6 is 11.6 Å². The lowest BCUT2D eigenvalue weighted by Crippen LogP contribution is -2.43. The van der Waals surface area contributed by atoms with E-state index in [1.54, 1.807) is 24.3 Å². The third kappa shape index (κ3) is 4.99. The first kappa shape index (κ1) is 17.8. The molecular formula is C18H19ClN2O3. The van der Waals surface area contributed by atoms with Gasteiger partial charge in [-0.05, 0) is 48.7 Å². The van der Waals surface area contributed by atoms with Gasteiger partial charge in [0.2, 0.25) is 0 Å². The summed E-state index contributed by atoms with van der Waals surface area (Å²) in [7, 11) is 0. The number of halogens is 1. The first-order valence-corrected chi connectivity index (χ1v) is 7.94. The van der Waals surface area contributed by atoms with Crippen molar-refractivity contribution in [1.29, 1.82) is 0 Å². The van der Waals surface area contributed by atoms with Crippen molar-refractivity contribution in [3.8, 4) is 5.75 Å². The van der Waals surface area contributed by atoms with Gasteiger partial charge in [-0.15, -0.1) is 0 Å². The van der Waals surface area contributed by atoms with Gasteiger partial charge in [0.25, 0.3) is 11.8 Å². The monoisotopic (exact) mass is 346 g/mol. The highest BCUT2D eigenvalue weighted by molar-refractivity contribution is 6.32. The Kier molecular flexibility index (Phi) is 6.21. The first-order chi connectivity index (χ1) is 11.5. The number of carbonyl (C=O) groups is 2. The zero-order chi connectivity index (χ0) is 17.5. The van der Waals surface area contributed by atoms with Gasteiger partial charge >= 0.3 is 0 Å². The van der Waals surface area contributed by atoms with Crippen molar-refractivity contribution in [2.24, 2.45) is 0 Å². The molecule has 5 nitrogen and oxygen atoms in total. The molecule has 0 spiro atoms. The topological polar surface area (TPSA) is 67.4 Å².